The highest BCUT2D eigenvalue weighted by molar-refractivity contribution is 5.95. The summed E-state index contributed by atoms with van der Waals surface area (Å²) in [6, 6.07) is 17.2. The number of rotatable bonds is 9. The van der Waals surface area contributed by atoms with Crippen molar-refractivity contribution in [2.24, 2.45) is 11.8 Å². The number of aldehydes is 1. The maximum absolute atomic E-state index is 12.3. The van der Waals surface area contributed by atoms with Gasteiger partial charge in [-0.05, 0) is 110 Å². The van der Waals surface area contributed by atoms with E-state index in [9.17, 15) is 34.6 Å². The molecular weight excluding hydrogens is 989 g/mol. The lowest BCUT2D eigenvalue weighted by molar-refractivity contribution is -0.384. The predicted molar refractivity (Wildman–Crippen MR) is 293 cm³/mol. The molecule has 4 aliphatic rings. The number of hydrogen-bond acceptors (Lipinski definition) is 17. The molecule has 0 atom stereocenters. The minimum absolute atomic E-state index is 0.0427. The van der Waals surface area contributed by atoms with E-state index < -0.39 is 21.0 Å². The second-order valence-corrected chi connectivity index (χ2v) is 21.8. The summed E-state index contributed by atoms with van der Waals surface area (Å²) in [6.07, 6.45) is 7.53. The summed E-state index contributed by atoms with van der Waals surface area (Å²) in [5.74, 6) is 2.48. The number of fused-ring (bicyclic) bond motifs is 2. The summed E-state index contributed by atoms with van der Waals surface area (Å²) in [5, 5.41) is 41.7. The van der Waals surface area contributed by atoms with Gasteiger partial charge in [-0.3, -0.25) is 35.3 Å². The summed E-state index contributed by atoms with van der Waals surface area (Å²) >= 11 is 0. The van der Waals surface area contributed by atoms with Crippen LogP contribution in [-0.4, -0.2) is 170 Å². The summed E-state index contributed by atoms with van der Waals surface area (Å²) in [4.78, 5) is 75.5. The number of non-ortho nitro benzene ring substituents is 2. The average molecular weight is 1060 g/mol. The molecule has 0 saturated carbocycles. The first-order chi connectivity index (χ1) is 36.8. The van der Waals surface area contributed by atoms with E-state index in [1.165, 1.54) is 12.1 Å². The Bertz CT molecular complexity index is 3010. The number of benzene rings is 2. The number of piperazine rings is 2. The van der Waals surface area contributed by atoms with Crippen LogP contribution < -0.4 is 15.1 Å². The first kappa shape index (κ1) is 55.4. The van der Waals surface area contributed by atoms with Crippen LogP contribution in [0.15, 0.2) is 73.1 Å². The fraction of sp³-hybridized carbons (Fsp3) is 0.500. The molecule has 0 spiro atoms. The molecule has 6 aromatic rings. The molecule has 0 radical (unpaired) electrons. The number of likely N-dealkylation sites (tertiary alicyclic amines) is 2. The minimum atomic E-state index is -0.464. The molecule has 23 heteroatoms. The van der Waals surface area contributed by atoms with Crippen LogP contribution in [0, 0.1) is 32.1 Å². The highest BCUT2D eigenvalue weighted by atomic mass is 16.6. The molecule has 2 aromatic carbocycles. The van der Waals surface area contributed by atoms with Crippen LogP contribution in [-0.2, 0) is 14.3 Å². The predicted octanol–water partition coefficient (Wildman–Crippen LogP) is 8.08. The molecule has 77 heavy (non-hydrogen) atoms. The Kier molecular flexibility index (Phi) is 17.6. The zero-order valence-electron chi connectivity index (χ0n) is 44.8. The second-order valence-electron chi connectivity index (χ2n) is 21.8. The van der Waals surface area contributed by atoms with Crippen molar-refractivity contribution in [1.82, 2.24) is 50.4 Å². The second kappa shape index (κ2) is 24.5. The number of piperidine rings is 2. The molecule has 10 rings (SSSR count). The summed E-state index contributed by atoms with van der Waals surface area (Å²) in [7, 11) is 0. The molecule has 4 aliphatic heterocycles. The van der Waals surface area contributed by atoms with Gasteiger partial charge < -0.3 is 39.2 Å². The fourth-order valence-electron chi connectivity index (χ4n) is 9.74. The average Bonchev–Trinajstić information content (AvgIpc) is 4.10. The van der Waals surface area contributed by atoms with E-state index in [1.54, 1.807) is 41.6 Å². The maximum Gasteiger partial charge on any atom is 0.410 e. The standard InChI is InChI=1S/C27H35N7O4.C16H16N6O2.C11H19NO3/c1-27(2,3)38-26(35)33-10-7-19(8-11-33)18-31-12-14-32(15-13-31)24-16-20(6-9-28-24)25-22-17-21(34(36)37)4-5-23(22)29-30-25;23-22(24)12-1-2-14-13(10-12)16(20-19-14)11-3-4-18-15(9-11)21-7-5-17-6-8-21;1-11(2,3)15-10(14)12-6-4-9(8-13)5-7-12/h4-6,9,16-17,19H,7-8,10-15,18H2,1-3H3,(H,29,30);1-4,9-10,17H,5-8H2,(H,19,20);8-9H,4-7H2,1-3H3. The van der Waals surface area contributed by atoms with Gasteiger partial charge in [0.15, 0.2) is 0 Å². The van der Waals surface area contributed by atoms with E-state index >= 15 is 0 Å². The molecule has 4 aromatic heterocycles. The highest BCUT2D eigenvalue weighted by Crippen LogP contribution is 2.33. The van der Waals surface area contributed by atoms with Crippen molar-refractivity contribution in [3.8, 4) is 22.5 Å². The number of H-pyrrole nitrogens is 2. The Labute approximate surface area is 447 Å². The molecule has 23 nitrogen and oxygen atoms in total. The number of nitro benzene ring substituents is 2. The number of nitro groups is 2. The number of carbonyl (C=O) groups is 3. The number of ether oxygens (including phenoxy) is 2. The minimum Gasteiger partial charge on any atom is -0.444 e. The van der Waals surface area contributed by atoms with Gasteiger partial charge >= 0.3 is 12.2 Å². The van der Waals surface area contributed by atoms with Crippen molar-refractivity contribution >= 4 is 63.3 Å². The first-order valence-electron chi connectivity index (χ1n) is 26.3. The summed E-state index contributed by atoms with van der Waals surface area (Å²) in [5.41, 5.74) is 3.88. The van der Waals surface area contributed by atoms with E-state index in [0.717, 1.165) is 149 Å². The van der Waals surface area contributed by atoms with Crippen LogP contribution in [0.2, 0.25) is 0 Å². The Balaban J connectivity index is 0.000000171. The molecule has 4 fully saturated rings. The third kappa shape index (κ3) is 14.8. The van der Waals surface area contributed by atoms with E-state index in [-0.39, 0.29) is 29.5 Å². The number of aromatic nitrogens is 6. The number of nitrogens with one attached hydrogen (secondary N) is 3. The lowest BCUT2D eigenvalue weighted by Gasteiger charge is -2.39. The van der Waals surface area contributed by atoms with Crippen molar-refractivity contribution in [2.75, 3.05) is 94.9 Å². The highest BCUT2D eigenvalue weighted by Gasteiger charge is 2.30. The molecular formula is C54H70N14O9. The molecule has 0 aliphatic carbocycles. The summed E-state index contributed by atoms with van der Waals surface area (Å²) in [6.45, 7) is 22.4. The molecule has 0 bridgehead atoms. The number of amides is 2. The third-order valence-corrected chi connectivity index (χ3v) is 13.9. The van der Waals surface area contributed by atoms with Gasteiger partial charge in [0.1, 0.15) is 40.5 Å². The largest absolute Gasteiger partial charge is 0.444 e. The van der Waals surface area contributed by atoms with Gasteiger partial charge in [0.2, 0.25) is 0 Å². The number of hydrogen-bond donors (Lipinski definition) is 3. The zero-order chi connectivity index (χ0) is 54.9. The van der Waals surface area contributed by atoms with Crippen molar-refractivity contribution in [3.05, 3.63) is 93.3 Å². The van der Waals surface area contributed by atoms with Crippen LogP contribution in [0.3, 0.4) is 0 Å². The van der Waals surface area contributed by atoms with Crippen LogP contribution in [0.25, 0.3) is 44.3 Å². The van der Waals surface area contributed by atoms with Gasteiger partial charge in [-0.1, -0.05) is 0 Å². The first-order valence-corrected chi connectivity index (χ1v) is 26.3. The van der Waals surface area contributed by atoms with E-state index in [4.69, 9.17) is 9.47 Å². The number of aromatic amines is 2. The molecule has 2 amide bonds. The van der Waals surface area contributed by atoms with Gasteiger partial charge in [-0.15, -0.1) is 0 Å². The van der Waals surface area contributed by atoms with Crippen molar-refractivity contribution in [1.29, 1.82) is 0 Å². The Morgan fingerprint density at radius 3 is 1.49 bits per heavy atom. The molecule has 410 valence electrons. The number of anilines is 2. The smallest absolute Gasteiger partial charge is 0.410 e. The van der Waals surface area contributed by atoms with Crippen molar-refractivity contribution < 1.29 is 33.7 Å². The van der Waals surface area contributed by atoms with Crippen molar-refractivity contribution in [2.45, 2.75) is 78.4 Å². The van der Waals surface area contributed by atoms with E-state index in [0.29, 0.717) is 30.4 Å². The normalized spacial score (nSPS) is 17.0. The molecule has 4 saturated heterocycles. The monoisotopic (exact) mass is 1060 g/mol. The van der Waals surface area contributed by atoms with Gasteiger partial charge in [0, 0.05) is 150 Å². The van der Waals surface area contributed by atoms with Gasteiger partial charge in [-0.2, -0.15) is 10.2 Å². The topological polar surface area (TPSA) is 267 Å². The fourth-order valence-corrected chi connectivity index (χ4v) is 9.74. The van der Waals surface area contributed by atoms with Crippen molar-refractivity contribution in [3.63, 3.8) is 0 Å². The van der Waals surface area contributed by atoms with E-state index in [1.807, 2.05) is 70.7 Å². The van der Waals surface area contributed by atoms with Crippen LogP contribution in [0.4, 0.5) is 32.6 Å². The SMILES string of the molecule is CC(C)(C)OC(=O)N1CCC(C=O)CC1.CC(C)(C)OC(=O)N1CCC(CN2CCN(c3cc(-c4n[nH]c5ccc([N+](=O)[O-])cc45)ccn3)CC2)CC1.O=[N+]([O-])c1ccc2[nH]nc(-c3ccnc(N4CCNCC4)c3)c2c1. The van der Waals surface area contributed by atoms with Crippen LogP contribution in [0.5, 0.6) is 0 Å². The van der Waals surface area contributed by atoms with Gasteiger partial charge in [0.25, 0.3) is 11.4 Å². The number of nitrogens with zero attached hydrogens (tertiary/aromatic N) is 11. The Morgan fingerprint density at radius 2 is 1.06 bits per heavy atom. The van der Waals surface area contributed by atoms with E-state index in [2.05, 4.69) is 50.4 Å². The zero-order valence-corrected chi connectivity index (χ0v) is 44.8. The molecule has 3 N–H and O–H groups in total. The number of carbonyl (C=O) groups excluding carboxylic acids is 3. The maximum atomic E-state index is 12.3. The lowest BCUT2D eigenvalue weighted by atomic mass is 9.96. The van der Waals surface area contributed by atoms with Crippen LogP contribution in [0.1, 0.15) is 67.2 Å². The third-order valence-electron chi connectivity index (χ3n) is 13.9. The molecule has 8 heterocycles. The van der Waals surface area contributed by atoms with Crippen LogP contribution >= 0.6 is 0 Å². The van der Waals surface area contributed by atoms with Gasteiger partial charge in [0.05, 0.1) is 20.9 Å². The number of pyridine rings is 2. The summed E-state index contributed by atoms with van der Waals surface area (Å²) < 4.78 is 10.8. The molecule has 0 unspecified atom stereocenters. The quantitative estimate of drug-likeness (QED) is 0.0701. The Morgan fingerprint density at radius 1 is 0.623 bits per heavy atom. The lowest BCUT2D eigenvalue weighted by Crippen LogP contribution is -2.49. The Hall–Kier alpha value is -7.79. The van der Waals surface area contributed by atoms with Gasteiger partial charge in [-0.25, -0.2) is 19.6 Å².